The van der Waals surface area contributed by atoms with E-state index in [1.54, 1.807) is 6.07 Å². The van der Waals surface area contributed by atoms with Crippen molar-refractivity contribution in [2.45, 2.75) is 0 Å². The highest BCUT2D eigenvalue weighted by atomic mass is 79.9. The number of nitro groups is 1. The average Bonchev–Trinajstić information content (AvgIpc) is 2.64. The van der Waals surface area contributed by atoms with Gasteiger partial charge in [0.15, 0.2) is 5.95 Å². The number of hydrogen-bond acceptors (Lipinski definition) is 4. The van der Waals surface area contributed by atoms with Crippen molar-refractivity contribution in [2.24, 2.45) is 0 Å². The lowest BCUT2D eigenvalue weighted by Crippen LogP contribution is -1.89. The van der Waals surface area contributed by atoms with Crippen LogP contribution in [0.5, 0.6) is 0 Å². The van der Waals surface area contributed by atoms with Crippen LogP contribution in [-0.2, 0) is 0 Å². The van der Waals surface area contributed by atoms with E-state index in [0.29, 0.717) is 15.7 Å². The van der Waals surface area contributed by atoms with Crippen molar-refractivity contribution in [3.63, 3.8) is 0 Å². The largest absolute Gasteiger partial charge is 0.369 e. The molecule has 3 N–H and O–H groups in total. The predicted molar refractivity (Wildman–Crippen MR) is 62.8 cm³/mol. The Morgan fingerprint density at radius 2 is 2.19 bits per heavy atom. The molecule has 2 rings (SSSR count). The van der Waals surface area contributed by atoms with E-state index in [-0.39, 0.29) is 11.6 Å². The van der Waals surface area contributed by atoms with E-state index in [0.717, 1.165) is 0 Å². The first-order valence-corrected chi connectivity index (χ1v) is 5.11. The molecular formula is C9H7BrN4O2. The number of aromatic nitrogens is 2. The standard InChI is InChI=1S/C9H7BrN4O2/c10-6-1-5(2-7(3-6)14(15)16)8-4-12-9(11)13-8/h1-4H,(H3,11,12,13). The van der Waals surface area contributed by atoms with Gasteiger partial charge in [0.25, 0.3) is 5.69 Å². The normalized spacial score (nSPS) is 10.3. The van der Waals surface area contributed by atoms with Crippen LogP contribution in [0.3, 0.4) is 0 Å². The molecule has 0 amide bonds. The summed E-state index contributed by atoms with van der Waals surface area (Å²) in [5.74, 6) is 0.276. The maximum absolute atomic E-state index is 10.7. The zero-order valence-electron chi connectivity index (χ0n) is 7.98. The quantitative estimate of drug-likeness (QED) is 0.652. The van der Waals surface area contributed by atoms with Crippen molar-refractivity contribution in [2.75, 3.05) is 5.73 Å². The average molecular weight is 283 g/mol. The maximum Gasteiger partial charge on any atom is 0.271 e. The third kappa shape index (κ3) is 2.03. The minimum Gasteiger partial charge on any atom is -0.369 e. The molecule has 2 aromatic rings. The van der Waals surface area contributed by atoms with Crippen LogP contribution in [0, 0.1) is 10.1 Å². The van der Waals surface area contributed by atoms with Crippen LogP contribution in [0.15, 0.2) is 28.9 Å². The number of hydrogen-bond donors (Lipinski definition) is 2. The minimum atomic E-state index is -0.450. The summed E-state index contributed by atoms with van der Waals surface area (Å²) in [5, 5.41) is 10.7. The molecule has 16 heavy (non-hydrogen) atoms. The topological polar surface area (TPSA) is 97.8 Å². The Balaban J connectivity index is 2.53. The van der Waals surface area contributed by atoms with Gasteiger partial charge in [0.05, 0.1) is 16.8 Å². The molecule has 0 bridgehead atoms. The molecule has 0 radical (unpaired) electrons. The number of aromatic amines is 1. The first kappa shape index (κ1) is 10.6. The molecule has 0 atom stereocenters. The molecule has 0 saturated carbocycles. The van der Waals surface area contributed by atoms with E-state index < -0.39 is 4.92 Å². The fourth-order valence-electron chi connectivity index (χ4n) is 1.32. The predicted octanol–water partition coefficient (Wildman–Crippen LogP) is 2.33. The van der Waals surface area contributed by atoms with Crippen LogP contribution in [-0.4, -0.2) is 14.9 Å². The third-order valence-electron chi connectivity index (χ3n) is 2.00. The highest BCUT2D eigenvalue weighted by Gasteiger charge is 2.11. The summed E-state index contributed by atoms with van der Waals surface area (Å²) in [4.78, 5) is 16.9. The summed E-state index contributed by atoms with van der Waals surface area (Å²) in [5.41, 5.74) is 6.75. The van der Waals surface area contributed by atoms with Gasteiger partial charge in [-0.25, -0.2) is 4.98 Å². The van der Waals surface area contributed by atoms with Gasteiger partial charge >= 0.3 is 0 Å². The van der Waals surface area contributed by atoms with Gasteiger partial charge in [-0.1, -0.05) is 15.9 Å². The highest BCUT2D eigenvalue weighted by molar-refractivity contribution is 9.10. The molecule has 1 heterocycles. The molecule has 0 fully saturated rings. The van der Waals surface area contributed by atoms with Crippen molar-refractivity contribution in [1.82, 2.24) is 9.97 Å². The fraction of sp³-hybridized carbons (Fsp3) is 0. The van der Waals surface area contributed by atoms with Crippen LogP contribution in [0.4, 0.5) is 11.6 Å². The number of nitrogen functional groups attached to an aromatic ring is 1. The van der Waals surface area contributed by atoms with E-state index in [1.807, 2.05) is 0 Å². The lowest BCUT2D eigenvalue weighted by atomic mass is 10.1. The smallest absolute Gasteiger partial charge is 0.271 e. The molecule has 82 valence electrons. The monoisotopic (exact) mass is 282 g/mol. The molecule has 1 aromatic heterocycles. The molecule has 0 spiro atoms. The van der Waals surface area contributed by atoms with Crippen LogP contribution in [0.25, 0.3) is 11.3 Å². The fourth-order valence-corrected chi connectivity index (χ4v) is 1.80. The molecule has 0 unspecified atom stereocenters. The lowest BCUT2D eigenvalue weighted by Gasteiger charge is -1.99. The summed E-state index contributed by atoms with van der Waals surface area (Å²) in [6.45, 7) is 0. The van der Waals surface area contributed by atoms with Gasteiger partial charge in [0.1, 0.15) is 0 Å². The number of imidazole rings is 1. The number of nitrogens with zero attached hydrogens (tertiary/aromatic N) is 2. The number of H-pyrrole nitrogens is 1. The molecule has 0 aliphatic heterocycles. The van der Waals surface area contributed by atoms with Crippen LogP contribution in [0.2, 0.25) is 0 Å². The van der Waals surface area contributed by atoms with E-state index in [9.17, 15) is 10.1 Å². The van der Waals surface area contributed by atoms with E-state index in [1.165, 1.54) is 18.3 Å². The summed E-state index contributed by atoms with van der Waals surface area (Å²) < 4.78 is 0.630. The van der Waals surface area contributed by atoms with Crippen molar-refractivity contribution < 1.29 is 4.92 Å². The second-order valence-corrected chi connectivity index (χ2v) is 4.05. The summed E-state index contributed by atoms with van der Waals surface area (Å²) in [6, 6.07) is 4.64. The Morgan fingerprint density at radius 1 is 1.44 bits per heavy atom. The van der Waals surface area contributed by atoms with Crippen molar-refractivity contribution in [3.05, 3.63) is 39.0 Å². The van der Waals surface area contributed by atoms with Gasteiger partial charge in [-0.2, -0.15) is 0 Å². The first-order chi connectivity index (χ1) is 7.56. The Hall–Kier alpha value is -1.89. The van der Waals surface area contributed by atoms with Crippen molar-refractivity contribution in [3.8, 4) is 11.3 Å². The summed E-state index contributed by atoms with van der Waals surface area (Å²) >= 11 is 3.22. The van der Waals surface area contributed by atoms with Gasteiger partial charge in [-0.05, 0) is 6.07 Å². The van der Waals surface area contributed by atoms with E-state index in [4.69, 9.17) is 5.73 Å². The second kappa shape index (κ2) is 3.93. The summed E-state index contributed by atoms with van der Waals surface area (Å²) in [7, 11) is 0. The minimum absolute atomic E-state index is 0.0116. The Labute approximate surface area is 98.8 Å². The number of nitrogens with two attached hydrogens (primary N) is 1. The maximum atomic E-state index is 10.7. The van der Waals surface area contributed by atoms with Gasteiger partial charge in [-0.15, -0.1) is 0 Å². The van der Waals surface area contributed by atoms with Gasteiger partial charge in [0, 0.05) is 22.2 Å². The number of rotatable bonds is 2. The van der Waals surface area contributed by atoms with E-state index in [2.05, 4.69) is 25.9 Å². The van der Waals surface area contributed by atoms with Gasteiger partial charge in [0.2, 0.25) is 0 Å². The van der Waals surface area contributed by atoms with Crippen LogP contribution < -0.4 is 5.73 Å². The number of anilines is 1. The van der Waals surface area contributed by atoms with Gasteiger partial charge in [-0.3, -0.25) is 10.1 Å². The number of non-ortho nitro benzene ring substituents is 1. The SMILES string of the molecule is Nc1ncc(-c2cc(Br)cc([N+](=O)[O-])c2)[nH]1. The highest BCUT2D eigenvalue weighted by Crippen LogP contribution is 2.27. The van der Waals surface area contributed by atoms with Crippen LogP contribution >= 0.6 is 15.9 Å². The molecule has 7 heteroatoms. The molecule has 0 aliphatic carbocycles. The number of nitro benzene ring substituents is 1. The van der Waals surface area contributed by atoms with Gasteiger partial charge < -0.3 is 10.7 Å². The molecule has 0 saturated heterocycles. The second-order valence-electron chi connectivity index (χ2n) is 3.14. The lowest BCUT2D eigenvalue weighted by molar-refractivity contribution is -0.384. The summed E-state index contributed by atoms with van der Waals surface area (Å²) in [6.07, 6.45) is 1.53. The van der Waals surface area contributed by atoms with Crippen molar-refractivity contribution in [1.29, 1.82) is 0 Å². The molecule has 0 aliphatic rings. The van der Waals surface area contributed by atoms with Crippen LogP contribution in [0.1, 0.15) is 0 Å². The zero-order valence-corrected chi connectivity index (χ0v) is 9.56. The Bertz CT molecular complexity index is 552. The van der Waals surface area contributed by atoms with E-state index >= 15 is 0 Å². The molecule has 6 nitrogen and oxygen atoms in total. The van der Waals surface area contributed by atoms with Crippen molar-refractivity contribution >= 4 is 27.6 Å². The number of nitrogens with one attached hydrogen (secondary N) is 1. The third-order valence-corrected chi connectivity index (χ3v) is 2.46. The Morgan fingerprint density at radius 3 is 2.75 bits per heavy atom. The first-order valence-electron chi connectivity index (χ1n) is 4.32. The number of benzene rings is 1. The molecular weight excluding hydrogens is 276 g/mol. The Kier molecular flexibility index (Phi) is 2.61. The molecule has 1 aromatic carbocycles. The zero-order chi connectivity index (χ0) is 11.7. The number of halogens is 1.